The minimum absolute atomic E-state index is 0.251. The van der Waals surface area contributed by atoms with Gasteiger partial charge in [0.05, 0.1) is 4.90 Å². The number of sulfonamides is 1. The van der Waals surface area contributed by atoms with Gasteiger partial charge in [0.2, 0.25) is 10.0 Å². The lowest BCUT2D eigenvalue weighted by Gasteiger charge is -2.26. The zero-order chi connectivity index (χ0) is 21.7. The molecule has 1 amide bonds. The van der Waals surface area contributed by atoms with Crippen molar-refractivity contribution in [1.29, 1.82) is 0 Å². The average Bonchev–Trinajstić information content (AvgIpc) is 2.75. The van der Waals surface area contributed by atoms with Crippen LogP contribution in [0.4, 0.5) is 5.69 Å². The van der Waals surface area contributed by atoms with Crippen molar-refractivity contribution in [3.05, 3.63) is 53.6 Å². The number of rotatable bonds is 7. The van der Waals surface area contributed by atoms with E-state index in [-0.39, 0.29) is 10.8 Å². The first-order valence-corrected chi connectivity index (χ1v) is 11.9. The molecular weight excluding hydrogens is 400 g/mol. The lowest BCUT2D eigenvalue weighted by molar-refractivity contribution is -0.122. The molecule has 0 bridgehead atoms. The third kappa shape index (κ3) is 5.21. The van der Waals surface area contributed by atoms with Crippen LogP contribution in [0.1, 0.15) is 43.7 Å². The summed E-state index contributed by atoms with van der Waals surface area (Å²) in [6, 6.07) is 12.2. The summed E-state index contributed by atoms with van der Waals surface area (Å²) < 4.78 is 33.0. The van der Waals surface area contributed by atoms with Crippen LogP contribution >= 0.6 is 0 Å². The number of aryl methyl sites for hydroxylation is 2. The molecule has 1 fully saturated rings. The fraction of sp³-hybridized carbons (Fsp3) is 0.435. The Balaban J connectivity index is 1.67. The number of nitrogens with zero attached hydrogens (tertiary/aromatic N) is 1. The largest absolute Gasteiger partial charge is 0.480 e. The lowest BCUT2D eigenvalue weighted by Crippen LogP contribution is -2.35. The molecule has 1 saturated heterocycles. The number of piperidine rings is 1. The highest BCUT2D eigenvalue weighted by molar-refractivity contribution is 7.89. The van der Waals surface area contributed by atoms with Crippen LogP contribution in [-0.4, -0.2) is 37.8 Å². The maximum absolute atomic E-state index is 12.8. The van der Waals surface area contributed by atoms with Crippen LogP contribution in [0.2, 0.25) is 0 Å². The third-order valence-corrected chi connectivity index (χ3v) is 7.26. The first-order chi connectivity index (χ1) is 14.3. The number of anilines is 1. The Bertz CT molecular complexity index is 981. The van der Waals surface area contributed by atoms with Crippen molar-refractivity contribution in [1.82, 2.24) is 4.31 Å². The number of ether oxygens (including phenoxy) is 1. The van der Waals surface area contributed by atoms with Gasteiger partial charge in [-0.1, -0.05) is 25.5 Å². The molecule has 0 aromatic heterocycles. The minimum atomic E-state index is -3.48. The van der Waals surface area contributed by atoms with Gasteiger partial charge in [-0.2, -0.15) is 4.31 Å². The molecule has 6 nitrogen and oxygen atoms in total. The van der Waals surface area contributed by atoms with E-state index in [9.17, 15) is 13.2 Å². The van der Waals surface area contributed by atoms with Crippen LogP contribution in [-0.2, 0) is 14.8 Å². The Morgan fingerprint density at radius 3 is 2.37 bits per heavy atom. The van der Waals surface area contributed by atoms with Gasteiger partial charge in [0.25, 0.3) is 5.91 Å². The number of carbonyl (C=O) groups is 1. The second kappa shape index (κ2) is 9.62. The fourth-order valence-corrected chi connectivity index (χ4v) is 5.01. The maximum Gasteiger partial charge on any atom is 0.265 e. The van der Waals surface area contributed by atoms with Crippen molar-refractivity contribution < 1.29 is 17.9 Å². The summed E-state index contributed by atoms with van der Waals surface area (Å²) in [7, 11) is -3.48. The second-order valence-electron chi connectivity index (χ2n) is 7.76. The van der Waals surface area contributed by atoms with Crippen LogP contribution in [0.5, 0.6) is 5.75 Å². The van der Waals surface area contributed by atoms with Gasteiger partial charge in [-0.3, -0.25) is 4.79 Å². The lowest BCUT2D eigenvalue weighted by atomic mass is 10.1. The smallest absolute Gasteiger partial charge is 0.265 e. The van der Waals surface area contributed by atoms with Crippen molar-refractivity contribution in [2.24, 2.45) is 0 Å². The number of amides is 1. The number of benzene rings is 2. The van der Waals surface area contributed by atoms with E-state index in [0.717, 1.165) is 30.4 Å². The Labute approximate surface area is 179 Å². The maximum atomic E-state index is 12.8. The van der Waals surface area contributed by atoms with Gasteiger partial charge < -0.3 is 10.1 Å². The Morgan fingerprint density at radius 1 is 1.07 bits per heavy atom. The van der Waals surface area contributed by atoms with Crippen molar-refractivity contribution in [2.75, 3.05) is 18.4 Å². The molecule has 0 radical (unpaired) electrons. The van der Waals surface area contributed by atoms with Crippen molar-refractivity contribution >= 4 is 21.6 Å². The van der Waals surface area contributed by atoms with Crippen LogP contribution < -0.4 is 10.1 Å². The Hall–Kier alpha value is -2.38. The summed E-state index contributed by atoms with van der Waals surface area (Å²) >= 11 is 0. The molecule has 0 spiro atoms. The summed E-state index contributed by atoms with van der Waals surface area (Å²) in [5.74, 6) is 0.435. The first-order valence-electron chi connectivity index (χ1n) is 10.5. The van der Waals surface area contributed by atoms with Gasteiger partial charge >= 0.3 is 0 Å². The van der Waals surface area contributed by atoms with Crippen LogP contribution in [0.15, 0.2) is 47.4 Å². The predicted octanol–water partition coefficient (Wildman–Crippen LogP) is 4.27. The SMILES string of the molecule is CC[C@@H](Oc1cc(C)ccc1C)C(=O)Nc1ccc(S(=O)(=O)N2CCCCC2)cc1. The summed E-state index contributed by atoms with van der Waals surface area (Å²) in [6.45, 7) is 6.95. The van der Waals surface area contributed by atoms with Crippen molar-refractivity contribution in [3.8, 4) is 5.75 Å². The van der Waals surface area contributed by atoms with E-state index in [2.05, 4.69) is 5.32 Å². The van der Waals surface area contributed by atoms with E-state index in [1.807, 2.05) is 39.0 Å². The first kappa shape index (κ1) is 22.3. The van der Waals surface area contributed by atoms with Crippen LogP contribution in [0, 0.1) is 13.8 Å². The number of nitrogens with one attached hydrogen (secondary N) is 1. The van der Waals surface area contributed by atoms with E-state index < -0.39 is 16.1 Å². The number of carbonyl (C=O) groups excluding carboxylic acids is 1. The summed E-state index contributed by atoms with van der Waals surface area (Å²) in [5.41, 5.74) is 2.58. The van der Waals surface area contributed by atoms with Gasteiger partial charge in [0, 0.05) is 18.8 Å². The zero-order valence-electron chi connectivity index (χ0n) is 17.8. The fourth-order valence-electron chi connectivity index (χ4n) is 3.50. The second-order valence-corrected chi connectivity index (χ2v) is 9.70. The molecular formula is C23H30N2O4S. The molecule has 1 aliphatic rings. The normalized spacial score (nSPS) is 16.1. The van der Waals surface area contributed by atoms with Gasteiger partial charge in [-0.25, -0.2) is 8.42 Å². The van der Waals surface area contributed by atoms with Gasteiger partial charge in [-0.05, 0) is 74.6 Å². The molecule has 0 aliphatic carbocycles. The zero-order valence-corrected chi connectivity index (χ0v) is 18.7. The van der Waals surface area contributed by atoms with Crippen molar-refractivity contribution in [3.63, 3.8) is 0 Å². The standard InChI is InChI=1S/C23H30N2O4S/c1-4-21(29-22-16-17(2)8-9-18(22)3)23(26)24-19-10-12-20(13-11-19)30(27,28)25-14-6-5-7-15-25/h8-13,16,21H,4-7,14-15H2,1-3H3,(H,24,26)/t21-/m1/s1. The Morgan fingerprint density at radius 2 is 1.73 bits per heavy atom. The van der Waals surface area contributed by atoms with E-state index in [0.29, 0.717) is 30.9 Å². The molecule has 30 heavy (non-hydrogen) atoms. The highest BCUT2D eigenvalue weighted by Crippen LogP contribution is 2.24. The Kier molecular flexibility index (Phi) is 7.15. The molecule has 2 aromatic carbocycles. The molecule has 1 atom stereocenters. The number of hydrogen-bond donors (Lipinski definition) is 1. The van der Waals surface area contributed by atoms with E-state index in [4.69, 9.17) is 4.74 Å². The molecule has 0 saturated carbocycles. The summed E-state index contributed by atoms with van der Waals surface area (Å²) in [6.07, 6.45) is 2.74. The van der Waals surface area contributed by atoms with Gasteiger partial charge in [0.1, 0.15) is 5.75 Å². The van der Waals surface area contributed by atoms with Gasteiger partial charge in [0.15, 0.2) is 6.10 Å². The molecule has 1 N–H and O–H groups in total. The van der Waals surface area contributed by atoms with Crippen LogP contribution in [0.3, 0.4) is 0 Å². The van der Waals surface area contributed by atoms with Crippen molar-refractivity contribution in [2.45, 2.75) is 57.5 Å². The molecule has 1 aliphatic heterocycles. The summed E-state index contributed by atoms with van der Waals surface area (Å²) in [5, 5.41) is 2.83. The molecule has 3 rings (SSSR count). The average molecular weight is 431 g/mol. The monoisotopic (exact) mass is 430 g/mol. The van der Waals surface area contributed by atoms with Crippen LogP contribution in [0.25, 0.3) is 0 Å². The highest BCUT2D eigenvalue weighted by atomic mass is 32.2. The molecule has 162 valence electrons. The predicted molar refractivity (Wildman–Crippen MR) is 118 cm³/mol. The topological polar surface area (TPSA) is 75.7 Å². The molecule has 7 heteroatoms. The van der Waals surface area contributed by atoms with Gasteiger partial charge in [-0.15, -0.1) is 0 Å². The molecule has 0 unspecified atom stereocenters. The van der Waals surface area contributed by atoms with E-state index in [1.54, 1.807) is 24.3 Å². The quantitative estimate of drug-likeness (QED) is 0.712. The summed E-state index contributed by atoms with van der Waals surface area (Å²) in [4.78, 5) is 13.0. The van der Waals surface area contributed by atoms with E-state index in [1.165, 1.54) is 4.31 Å². The molecule has 2 aromatic rings. The number of hydrogen-bond acceptors (Lipinski definition) is 4. The minimum Gasteiger partial charge on any atom is -0.480 e. The third-order valence-electron chi connectivity index (χ3n) is 5.35. The highest BCUT2D eigenvalue weighted by Gasteiger charge is 2.26. The molecule has 1 heterocycles. The van der Waals surface area contributed by atoms with E-state index >= 15 is 0 Å².